The number of hydrogen-bond acceptors (Lipinski definition) is 8. The number of methoxy groups -OCH3 is 1. The summed E-state index contributed by atoms with van der Waals surface area (Å²) in [5.41, 5.74) is 6.37. The number of aromatic nitrogens is 2. The zero-order chi connectivity index (χ0) is 26.7. The van der Waals surface area contributed by atoms with Crippen LogP contribution < -0.4 is 16.2 Å². The van der Waals surface area contributed by atoms with E-state index >= 15 is 0 Å². The van der Waals surface area contributed by atoms with Gasteiger partial charge in [-0.05, 0) is 34.9 Å². The molecule has 4 atom stereocenters. The molecule has 0 bridgehead atoms. The van der Waals surface area contributed by atoms with Gasteiger partial charge < -0.3 is 30.2 Å². The predicted molar refractivity (Wildman–Crippen MR) is 141 cm³/mol. The van der Waals surface area contributed by atoms with E-state index in [2.05, 4.69) is 4.98 Å². The molecule has 0 unspecified atom stereocenters. The number of benzene rings is 3. The maximum atomic E-state index is 12.4. The number of rotatable bonds is 8. The monoisotopic (exact) mass is 515 g/mol. The van der Waals surface area contributed by atoms with Gasteiger partial charge in [0.1, 0.15) is 35.5 Å². The molecule has 1 aliphatic rings. The van der Waals surface area contributed by atoms with Gasteiger partial charge in [0.15, 0.2) is 6.23 Å². The molecule has 1 aromatic heterocycles. The fourth-order valence-electron chi connectivity index (χ4n) is 4.84. The Balaban J connectivity index is 1.53. The van der Waals surface area contributed by atoms with Crippen molar-refractivity contribution in [3.8, 4) is 5.75 Å². The van der Waals surface area contributed by atoms with E-state index in [1.165, 1.54) is 12.3 Å². The highest BCUT2D eigenvalue weighted by molar-refractivity contribution is 5.48. The lowest BCUT2D eigenvalue weighted by molar-refractivity contribution is -0.0958. The molecule has 1 aliphatic heterocycles. The Kier molecular flexibility index (Phi) is 7.26. The van der Waals surface area contributed by atoms with Crippen molar-refractivity contribution in [2.75, 3.05) is 19.5 Å². The zero-order valence-electron chi connectivity index (χ0n) is 20.8. The third kappa shape index (κ3) is 4.68. The molecule has 196 valence electrons. The van der Waals surface area contributed by atoms with E-state index in [1.54, 1.807) is 7.11 Å². The van der Waals surface area contributed by atoms with Crippen molar-refractivity contribution in [3.05, 3.63) is 124 Å². The number of aliphatic hydroxyl groups excluding tert-OH is 2. The first-order valence-corrected chi connectivity index (χ1v) is 12.2. The molecule has 0 amide bonds. The average molecular weight is 516 g/mol. The maximum absolute atomic E-state index is 12.4. The van der Waals surface area contributed by atoms with Gasteiger partial charge in [0.25, 0.3) is 0 Å². The molecule has 5 rings (SSSR count). The number of ether oxygens (including phenoxy) is 3. The Bertz CT molecular complexity index is 1370. The van der Waals surface area contributed by atoms with Crippen molar-refractivity contribution in [2.24, 2.45) is 0 Å². The van der Waals surface area contributed by atoms with Crippen LogP contribution in [0.2, 0.25) is 0 Å². The molecule has 1 fully saturated rings. The summed E-state index contributed by atoms with van der Waals surface area (Å²) in [6.45, 7) is -0.0955. The lowest BCUT2D eigenvalue weighted by atomic mass is 9.80. The number of anilines is 1. The Morgan fingerprint density at radius 3 is 2.03 bits per heavy atom. The summed E-state index contributed by atoms with van der Waals surface area (Å²) in [7, 11) is 1.61. The summed E-state index contributed by atoms with van der Waals surface area (Å²) in [6.07, 6.45) is -3.41. The van der Waals surface area contributed by atoms with Gasteiger partial charge in [0, 0.05) is 6.20 Å². The SMILES string of the molecule is COc1ccc(C(OC[C@H]2O[C@@H](n3ccc(N)nc3=O)[C@@H](O)[C@@H]2O)(c2ccccc2)c2ccccc2)cc1. The molecule has 38 heavy (non-hydrogen) atoms. The van der Waals surface area contributed by atoms with Crippen LogP contribution in [0.25, 0.3) is 0 Å². The zero-order valence-corrected chi connectivity index (χ0v) is 20.8. The number of nitrogen functional groups attached to an aromatic ring is 1. The molecule has 0 radical (unpaired) electrons. The molecule has 0 saturated carbocycles. The lowest BCUT2D eigenvalue weighted by Crippen LogP contribution is -2.39. The van der Waals surface area contributed by atoms with E-state index in [1.807, 2.05) is 84.9 Å². The Hall–Kier alpha value is -4.02. The van der Waals surface area contributed by atoms with Crippen molar-refractivity contribution in [1.82, 2.24) is 9.55 Å². The van der Waals surface area contributed by atoms with Crippen LogP contribution >= 0.6 is 0 Å². The predicted octanol–water partition coefficient (Wildman–Crippen LogP) is 2.46. The summed E-state index contributed by atoms with van der Waals surface area (Å²) >= 11 is 0. The van der Waals surface area contributed by atoms with Gasteiger partial charge in [0.05, 0.1) is 13.7 Å². The van der Waals surface area contributed by atoms with Gasteiger partial charge in [-0.15, -0.1) is 0 Å². The normalized spacial score (nSPS) is 21.3. The molecule has 0 spiro atoms. The second-order valence-electron chi connectivity index (χ2n) is 9.04. The second-order valence-corrected chi connectivity index (χ2v) is 9.04. The fraction of sp³-hybridized carbons (Fsp3) is 0.241. The van der Waals surface area contributed by atoms with Gasteiger partial charge in [-0.1, -0.05) is 72.8 Å². The highest BCUT2D eigenvalue weighted by atomic mass is 16.6. The van der Waals surface area contributed by atoms with Crippen LogP contribution in [0.4, 0.5) is 5.82 Å². The van der Waals surface area contributed by atoms with E-state index in [9.17, 15) is 15.0 Å². The Labute approximate surface area is 219 Å². The highest BCUT2D eigenvalue weighted by Crippen LogP contribution is 2.42. The van der Waals surface area contributed by atoms with Crippen LogP contribution in [0.1, 0.15) is 22.9 Å². The smallest absolute Gasteiger partial charge is 0.351 e. The third-order valence-corrected chi connectivity index (χ3v) is 6.78. The molecular weight excluding hydrogens is 486 g/mol. The van der Waals surface area contributed by atoms with E-state index in [-0.39, 0.29) is 12.4 Å². The Morgan fingerprint density at radius 1 is 0.895 bits per heavy atom. The van der Waals surface area contributed by atoms with Crippen LogP contribution in [0.5, 0.6) is 5.75 Å². The minimum absolute atomic E-state index is 0.0502. The quantitative estimate of drug-likeness (QED) is 0.305. The summed E-state index contributed by atoms with van der Waals surface area (Å²) in [4.78, 5) is 16.1. The standard InChI is InChI=1S/C29H29N3O6/c1-36-22-14-12-21(13-15-22)29(19-8-4-2-5-9-19,20-10-6-3-7-11-20)37-18-23-25(33)26(34)27(38-23)32-17-16-24(30)31-28(32)35/h2-17,23,25-27,33-34H,18H2,1H3,(H2,30,31,35)/t23-,25-,26+,27-/m1/s1. The third-order valence-electron chi connectivity index (χ3n) is 6.78. The number of aliphatic hydroxyl groups is 2. The summed E-state index contributed by atoms with van der Waals surface area (Å²) in [5, 5.41) is 21.6. The van der Waals surface area contributed by atoms with Crippen molar-refractivity contribution in [1.29, 1.82) is 0 Å². The maximum Gasteiger partial charge on any atom is 0.351 e. The largest absolute Gasteiger partial charge is 0.497 e. The van der Waals surface area contributed by atoms with Gasteiger partial charge in [-0.2, -0.15) is 4.98 Å². The van der Waals surface area contributed by atoms with E-state index in [0.717, 1.165) is 21.3 Å². The van der Waals surface area contributed by atoms with Crippen LogP contribution in [0, 0.1) is 0 Å². The van der Waals surface area contributed by atoms with Crippen LogP contribution in [-0.2, 0) is 15.1 Å². The van der Waals surface area contributed by atoms with Crippen LogP contribution in [0.3, 0.4) is 0 Å². The first kappa shape index (κ1) is 25.6. The second kappa shape index (κ2) is 10.8. The Morgan fingerprint density at radius 2 is 1.47 bits per heavy atom. The lowest BCUT2D eigenvalue weighted by Gasteiger charge is -2.37. The molecule has 4 aromatic rings. The topological polar surface area (TPSA) is 129 Å². The summed E-state index contributed by atoms with van der Waals surface area (Å²) < 4.78 is 19.2. The number of hydrogen-bond donors (Lipinski definition) is 3. The van der Waals surface area contributed by atoms with Crippen molar-refractivity contribution in [3.63, 3.8) is 0 Å². The first-order valence-electron chi connectivity index (χ1n) is 12.2. The van der Waals surface area contributed by atoms with Crippen molar-refractivity contribution in [2.45, 2.75) is 30.1 Å². The molecule has 9 nitrogen and oxygen atoms in total. The van der Waals surface area contributed by atoms with Gasteiger partial charge in [0.2, 0.25) is 0 Å². The van der Waals surface area contributed by atoms with Crippen molar-refractivity contribution >= 4 is 5.82 Å². The molecule has 2 heterocycles. The molecule has 9 heteroatoms. The molecular formula is C29H29N3O6. The number of nitrogens with zero attached hydrogens (tertiary/aromatic N) is 2. The van der Waals surface area contributed by atoms with Crippen LogP contribution in [0.15, 0.2) is 102 Å². The minimum Gasteiger partial charge on any atom is -0.497 e. The van der Waals surface area contributed by atoms with Crippen molar-refractivity contribution < 1.29 is 24.4 Å². The summed E-state index contributed by atoms with van der Waals surface area (Å²) in [5.74, 6) is 0.751. The number of nitrogens with two attached hydrogens (primary N) is 1. The fourth-order valence-corrected chi connectivity index (χ4v) is 4.84. The van der Waals surface area contributed by atoms with Gasteiger partial charge in [-0.25, -0.2) is 4.79 Å². The molecule has 3 aromatic carbocycles. The molecule has 4 N–H and O–H groups in total. The van der Waals surface area contributed by atoms with Gasteiger partial charge in [-0.3, -0.25) is 4.57 Å². The van der Waals surface area contributed by atoms with E-state index in [0.29, 0.717) is 5.75 Å². The van der Waals surface area contributed by atoms with E-state index < -0.39 is 35.8 Å². The van der Waals surface area contributed by atoms with Crippen LogP contribution in [-0.4, -0.2) is 51.8 Å². The average Bonchev–Trinajstić information content (AvgIpc) is 3.23. The summed E-state index contributed by atoms with van der Waals surface area (Å²) in [6, 6.07) is 28.5. The molecule has 1 saturated heterocycles. The molecule has 0 aliphatic carbocycles. The highest BCUT2D eigenvalue weighted by Gasteiger charge is 2.46. The van der Waals surface area contributed by atoms with Gasteiger partial charge >= 0.3 is 5.69 Å². The first-order chi connectivity index (χ1) is 18.4. The minimum atomic E-state index is -1.38. The van der Waals surface area contributed by atoms with E-state index in [4.69, 9.17) is 19.9 Å².